The molecule has 0 aliphatic rings. The lowest BCUT2D eigenvalue weighted by atomic mass is 10.2. The number of benzene rings is 1. The van der Waals surface area contributed by atoms with E-state index >= 15 is 0 Å². The Labute approximate surface area is 131 Å². The van der Waals surface area contributed by atoms with Gasteiger partial charge in [0.2, 0.25) is 5.95 Å². The summed E-state index contributed by atoms with van der Waals surface area (Å²) in [4.78, 5) is 7.33. The molecule has 0 atom stereocenters. The van der Waals surface area contributed by atoms with Crippen LogP contribution in [-0.2, 0) is 10.0 Å². The molecule has 2 aromatic rings. The molecule has 112 valence electrons. The first-order valence-electron chi connectivity index (χ1n) is 5.61. The lowest BCUT2D eigenvalue weighted by molar-refractivity contribution is 0.600. The quantitative estimate of drug-likeness (QED) is 0.577. The summed E-state index contributed by atoms with van der Waals surface area (Å²) in [6, 6.07) is 3.24. The van der Waals surface area contributed by atoms with Crippen molar-refractivity contribution in [3.8, 4) is 0 Å². The van der Waals surface area contributed by atoms with Crippen LogP contribution in [0.25, 0.3) is 0 Å². The average Bonchev–Trinajstić information content (AvgIpc) is 2.48. The van der Waals surface area contributed by atoms with Crippen molar-refractivity contribution in [3.05, 3.63) is 40.1 Å². The second kappa shape index (κ2) is 6.02. The molecule has 0 unspecified atom stereocenters. The van der Waals surface area contributed by atoms with Crippen LogP contribution in [-0.4, -0.2) is 18.4 Å². The molecule has 4 N–H and O–H groups in total. The van der Waals surface area contributed by atoms with Crippen LogP contribution in [0.15, 0.2) is 29.4 Å². The number of nitrogen functional groups attached to an aromatic ring is 1. The van der Waals surface area contributed by atoms with Gasteiger partial charge in [-0.2, -0.15) is 0 Å². The highest BCUT2D eigenvalue weighted by Crippen LogP contribution is 2.34. The number of nitrogens with two attached hydrogens (primary N) is 1. The van der Waals surface area contributed by atoms with Crippen molar-refractivity contribution in [2.45, 2.75) is 11.8 Å². The first kappa shape index (κ1) is 15.8. The van der Waals surface area contributed by atoms with Crippen LogP contribution in [0.4, 0.5) is 11.6 Å². The van der Waals surface area contributed by atoms with Gasteiger partial charge >= 0.3 is 0 Å². The lowest BCUT2D eigenvalue weighted by Gasteiger charge is -2.12. The number of aromatic nitrogens is 2. The Kier molecular flexibility index (Phi) is 4.52. The Morgan fingerprint density at radius 2 is 1.81 bits per heavy atom. The van der Waals surface area contributed by atoms with Crippen LogP contribution in [0.5, 0.6) is 0 Å². The summed E-state index contributed by atoms with van der Waals surface area (Å²) in [7, 11) is -3.91. The zero-order valence-electron chi connectivity index (χ0n) is 10.8. The average molecular weight is 348 g/mol. The molecule has 1 heterocycles. The van der Waals surface area contributed by atoms with Crippen molar-refractivity contribution in [2.24, 2.45) is 5.84 Å². The highest BCUT2D eigenvalue weighted by Gasteiger charge is 2.19. The van der Waals surface area contributed by atoms with Crippen molar-refractivity contribution in [1.29, 1.82) is 0 Å². The van der Waals surface area contributed by atoms with Crippen LogP contribution in [0, 0.1) is 6.92 Å². The van der Waals surface area contributed by atoms with E-state index in [2.05, 4.69) is 20.1 Å². The molecule has 0 saturated carbocycles. The van der Waals surface area contributed by atoms with Crippen LogP contribution < -0.4 is 16.0 Å². The number of hydrogen-bond acceptors (Lipinski definition) is 6. The topological polar surface area (TPSA) is 110 Å². The van der Waals surface area contributed by atoms with Gasteiger partial charge in [-0.1, -0.05) is 29.3 Å². The van der Waals surface area contributed by atoms with Crippen molar-refractivity contribution in [1.82, 2.24) is 9.97 Å². The number of anilines is 2. The zero-order valence-corrected chi connectivity index (χ0v) is 13.1. The van der Waals surface area contributed by atoms with E-state index in [0.29, 0.717) is 5.56 Å². The third-order valence-electron chi connectivity index (χ3n) is 2.59. The number of hydrogen-bond donors (Lipinski definition) is 3. The van der Waals surface area contributed by atoms with E-state index < -0.39 is 10.0 Å². The van der Waals surface area contributed by atoms with Crippen LogP contribution in [0.1, 0.15) is 5.56 Å². The van der Waals surface area contributed by atoms with Gasteiger partial charge in [-0.25, -0.2) is 24.2 Å². The maximum atomic E-state index is 12.3. The van der Waals surface area contributed by atoms with Crippen LogP contribution in [0.3, 0.4) is 0 Å². The zero-order chi connectivity index (χ0) is 15.6. The molecular weight excluding hydrogens is 337 g/mol. The smallest absolute Gasteiger partial charge is 0.265 e. The number of nitrogens with zero attached hydrogens (tertiary/aromatic N) is 2. The molecule has 0 spiro atoms. The standard InChI is InChI=1S/C11H11Cl2N5O2S/c1-6-2-3-8(12)10(9(6)13)18-21(19,20)7-4-15-11(17-14)16-5-7/h2-5,18H,14H2,1H3,(H,15,16,17). The molecule has 0 saturated heterocycles. The third kappa shape index (κ3) is 3.35. The van der Waals surface area contributed by atoms with Gasteiger partial charge in [0.1, 0.15) is 4.90 Å². The SMILES string of the molecule is Cc1ccc(Cl)c(NS(=O)(=O)c2cnc(NN)nc2)c1Cl. The first-order chi connectivity index (χ1) is 9.85. The monoisotopic (exact) mass is 347 g/mol. The molecular formula is C11H11Cl2N5O2S. The van der Waals surface area contributed by atoms with E-state index in [9.17, 15) is 8.42 Å². The molecule has 0 aliphatic heterocycles. The Balaban J connectivity index is 2.39. The maximum Gasteiger partial charge on any atom is 0.265 e. The van der Waals surface area contributed by atoms with Gasteiger partial charge in [-0.3, -0.25) is 10.1 Å². The van der Waals surface area contributed by atoms with E-state index in [4.69, 9.17) is 29.0 Å². The Morgan fingerprint density at radius 1 is 1.19 bits per heavy atom. The number of rotatable bonds is 4. The van der Waals surface area contributed by atoms with E-state index in [-0.39, 0.29) is 26.6 Å². The second-order valence-corrected chi connectivity index (χ2v) is 6.51. The number of sulfonamides is 1. The van der Waals surface area contributed by atoms with E-state index in [0.717, 1.165) is 12.4 Å². The first-order valence-corrected chi connectivity index (χ1v) is 7.85. The van der Waals surface area contributed by atoms with Crippen molar-refractivity contribution in [3.63, 3.8) is 0 Å². The summed E-state index contributed by atoms with van der Waals surface area (Å²) in [5.41, 5.74) is 3.00. The summed E-state index contributed by atoms with van der Waals surface area (Å²) >= 11 is 12.0. The van der Waals surface area contributed by atoms with Gasteiger partial charge in [-0.15, -0.1) is 0 Å². The van der Waals surface area contributed by atoms with Gasteiger partial charge in [-0.05, 0) is 18.6 Å². The number of aryl methyl sites for hydroxylation is 1. The highest BCUT2D eigenvalue weighted by molar-refractivity contribution is 7.92. The Bertz CT molecular complexity index is 765. The van der Waals surface area contributed by atoms with Gasteiger partial charge in [0.25, 0.3) is 10.0 Å². The number of halogens is 2. The second-order valence-electron chi connectivity index (χ2n) is 4.05. The van der Waals surface area contributed by atoms with Crippen molar-refractivity contribution >= 4 is 44.9 Å². The molecule has 7 nitrogen and oxygen atoms in total. The molecule has 0 bridgehead atoms. The van der Waals surface area contributed by atoms with Crippen molar-refractivity contribution < 1.29 is 8.42 Å². The Hall–Kier alpha value is -1.61. The van der Waals surface area contributed by atoms with Gasteiger partial charge < -0.3 is 0 Å². The fraction of sp³-hybridized carbons (Fsp3) is 0.0909. The minimum atomic E-state index is -3.91. The molecule has 0 amide bonds. The summed E-state index contributed by atoms with van der Waals surface area (Å²) < 4.78 is 26.8. The normalized spacial score (nSPS) is 11.2. The largest absolute Gasteiger partial charge is 0.292 e. The maximum absolute atomic E-state index is 12.3. The molecule has 0 aliphatic carbocycles. The van der Waals surface area contributed by atoms with Gasteiger partial charge in [0, 0.05) is 0 Å². The highest BCUT2D eigenvalue weighted by atomic mass is 35.5. The molecule has 2 rings (SSSR count). The Morgan fingerprint density at radius 3 is 2.38 bits per heavy atom. The molecule has 1 aromatic carbocycles. The minimum Gasteiger partial charge on any atom is -0.292 e. The van der Waals surface area contributed by atoms with Crippen LogP contribution >= 0.6 is 23.2 Å². The van der Waals surface area contributed by atoms with E-state index in [1.165, 1.54) is 0 Å². The molecule has 1 aromatic heterocycles. The lowest BCUT2D eigenvalue weighted by Crippen LogP contribution is -2.16. The number of hydrazine groups is 1. The summed E-state index contributed by atoms with van der Waals surface area (Å²) in [5.74, 6) is 5.21. The molecule has 0 fully saturated rings. The fourth-order valence-corrected chi connectivity index (χ4v) is 3.03. The molecule has 0 radical (unpaired) electrons. The van der Waals surface area contributed by atoms with Gasteiger partial charge in [0.15, 0.2) is 0 Å². The molecule has 21 heavy (non-hydrogen) atoms. The van der Waals surface area contributed by atoms with E-state index in [1.54, 1.807) is 19.1 Å². The summed E-state index contributed by atoms with van der Waals surface area (Å²) in [6.07, 6.45) is 2.23. The summed E-state index contributed by atoms with van der Waals surface area (Å²) in [6.45, 7) is 1.74. The van der Waals surface area contributed by atoms with Gasteiger partial charge in [0.05, 0.1) is 28.1 Å². The van der Waals surface area contributed by atoms with Crippen molar-refractivity contribution in [2.75, 3.05) is 10.1 Å². The van der Waals surface area contributed by atoms with E-state index in [1.807, 2.05) is 0 Å². The number of nitrogens with one attached hydrogen (secondary N) is 2. The van der Waals surface area contributed by atoms with Crippen LogP contribution in [0.2, 0.25) is 10.0 Å². The fourth-order valence-electron chi connectivity index (χ4n) is 1.47. The third-order valence-corrected chi connectivity index (χ3v) is 4.69. The molecule has 10 heteroatoms. The summed E-state index contributed by atoms with van der Waals surface area (Å²) in [5, 5.41) is 0.419. The minimum absolute atomic E-state index is 0.0978. The predicted molar refractivity (Wildman–Crippen MR) is 81.8 cm³/mol. The predicted octanol–water partition coefficient (Wildman–Crippen LogP) is 2.18.